The van der Waals surface area contributed by atoms with Gasteiger partial charge in [0.1, 0.15) is 33.9 Å². The Morgan fingerprint density at radius 2 is 1.07 bits per heavy atom. The molecule has 3 aromatic rings. The Bertz CT molecular complexity index is 4460. The van der Waals surface area contributed by atoms with Gasteiger partial charge in [0.2, 0.25) is 11.9 Å². The van der Waals surface area contributed by atoms with Crippen LogP contribution < -0.4 is 40.4 Å². The van der Waals surface area contributed by atoms with Gasteiger partial charge in [0, 0.05) is 39.5 Å². The number of nitrogens with one attached hydrogen (secondary N) is 2. The van der Waals surface area contributed by atoms with E-state index in [-0.39, 0.29) is 76.7 Å². The third kappa shape index (κ3) is 17.5. The smallest absolute Gasteiger partial charge is 0.378 e. The highest BCUT2D eigenvalue weighted by molar-refractivity contribution is 8.00. The number of aromatic nitrogens is 3. The van der Waals surface area contributed by atoms with E-state index < -0.39 is 206 Å². The first kappa shape index (κ1) is 84.2. The molecule has 4 radical (unpaired) electrons. The molecule has 12 heterocycles. The molecule has 1 unspecified atom stereocenters. The highest BCUT2D eigenvalue weighted by Gasteiger charge is 2.79. The largest absolute Gasteiger partial charge is 1.00 e. The molecule has 568 valence electrons. The quantitative estimate of drug-likeness (QED) is 0.00507. The Labute approximate surface area is 619 Å². The second-order valence-corrected chi connectivity index (χ2v) is 33.1. The number of thioether (sulfide) groups is 2. The lowest BCUT2D eigenvalue weighted by Crippen LogP contribution is -3.00. The minimum Gasteiger partial charge on any atom is -1.00 e. The van der Waals surface area contributed by atoms with Crippen LogP contribution in [0.15, 0.2) is 26.5 Å². The molecule has 0 spiro atoms. The summed E-state index contributed by atoms with van der Waals surface area (Å²) >= 11 is 4.45. The summed E-state index contributed by atoms with van der Waals surface area (Å²) in [4.78, 5) is 183. The SMILES string of the molecule is Cc1nc(C(=O)C(=O)O)cs1.NOCS(=O)(=O)O.Nc1nc(/C(=N/OCS(=O)(=O)O)C(=O)N[C@@H]2C(=O)N3[C@@H]2[S+](O)C[C@@H]2CC(=O)O[C@@]23C(=O)O)cs1.[B]OC(=O)[C@]12OC(=O)C[C@H]1CS[C@@H]1[C@H](NC(=O)/C(=N\OCS(=O)(=O)O)c3csc(C)n3)C(=O)N12.[B]OC(=O)[C@]12OC(=O)C[C@H]1CS[C@@H]1[C@H]([NH3+])C(=O)N12.[Cl-]. The minimum atomic E-state index is -4.59. The van der Waals surface area contributed by atoms with Crippen molar-refractivity contribution in [3.8, 4) is 0 Å². The molecular weight excluding hydrogens is 1620 g/mol. The molecule has 13 atom stereocenters. The van der Waals surface area contributed by atoms with Crippen LogP contribution in [0, 0.1) is 31.6 Å². The maximum Gasteiger partial charge on any atom is 0.378 e. The lowest BCUT2D eigenvalue weighted by molar-refractivity contribution is -0.432. The first-order valence-corrected chi connectivity index (χ1v) is 39.2. The summed E-state index contributed by atoms with van der Waals surface area (Å²) in [6.45, 7) is 3.37. The summed E-state index contributed by atoms with van der Waals surface area (Å²) in [7, 11) is -3.21. The van der Waals surface area contributed by atoms with Gasteiger partial charge in [0.05, 0.1) is 35.2 Å². The van der Waals surface area contributed by atoms with Crippen LogP contribution in [-0.4, -0.2) is 274 Å². The lowest BCUT2D eigenvalue weighted by Gasteiger charge is -2.56. The zero-order chi connectivity index (χ0) is 77.3. The van der Waals surface area contributed by atoms with Crippen molar-refractivity contribution in [3.63, 3.8) is 0 Å². The number of esters is 3. The Hall–Kier alpha value is -8.02. The van der Waals surface area contributed by atoms with Crippen molar-refractivity contribution >= 4 is 209 Å². The number of β-lactam (4-membered cyclic amide) rings is 3. The Morgan fingerprint density at radius 3 is 1.48 bits per heavy atom. The first-order valence-electron chi connectivity index (χ1n) is 28.2. The number of rotatable bonds is 19. The number of ketones is 1. The molecule has 3 aromatic heterocycles. The van der Waals surface area contributed by atoms with E-state index in [1.54, 1.807) is 13.8 Å². The average molecular weight is 1670 g/mol. The standard InChI is InChI=1S/C16H15BN4O10S3.C15H15N5O11S3.C9H9BN2O5S.C6H5NO3S.CH5NO4S.ClH/c1-6-18-8(4-32-6)10(20-29-5-34(26,27)28)12(23)19-11-13(24)21-14(11)33-3-7-2-9(22)30-16(7,21)15(25)31-17;16-14-17-6(2-32-14)8(19-30-4-34(27,28)29)10(22)18-9-11(23)20-12(9)33(26)3-5-1-7(21)31-15(5,20)13(24)25;10-17-8(15)9-3(1-4(13)16-9)2-18-7-5(11)6(14)12(7)9;1-3-7-4(2-11-3)5(8)6(9)10;2-6-1-7(3,4)5;/h4,7,11,14H,2-3,5H2,1H3,(H,19,23)(H,26,27,28);2,5,9,12,26H,1,3-4H2,(H4-,16,17,18,22,24,25,27,28,29);3,5,7H,1-2,11H2;2H,1H3,(H,9,10);1-2H2,(H,3,4,5);1H/p+1/b20-10-;19-8-;;;;/t7-,11+,14+,16+;5-,9+,12+,15+,33?;3-,5+,7+,9+;;;/m000.../s1. The summed E-state index contributed by atoms with van der Waals surface area (Å²) in [5, 5.41) is 32.8. The van der Waals surface area contributed by atoms with Gasteiger partial charge in [-0.05, 0) is 13.8 Å². The van der Waals surface area contributed by atoms with Crippen LogP contribution in [0.4, 0.5) is 5.13 Å². The maximum absolute atomic E-state index is 13.0. The zero-order valence-corrected chi connectivity index (χ0v) is 60.7. The monoisotopic (exact) mass is 1670 g/mol. The highest BCUT2D eigenvalue weighted by atomic mass is 35.5. The van der Waals surface area contributed by atoms with Crippen LogP contribution in [0.25, 0.3) is 0 Å². The van der Waals surface area contributed by atoms with Crippen molar-refractivity contribution in [2.24, 2.45) is 34.0 Å². The number of hydrogen-bond acceptors (Lipinski definition) is 40. The van der Waals surface area contributed by atoms with Crippen LogP contribution in [0.3, 0.4) is 0 Å². The number of carboxylic acid groups (broad SMARTS) is 2. The molecule has 105 heavy (non-hydrogen) atoms. The van der Waals surface area contributed by atoms with E-state index in [9.17, 15) is 97.2 Å². The highest BCUT2D eigenvalue weighted by Crippen LogP contribution is 2.53. The molecule has 12 rings (SSSR count). The third-order valence-corrected chi connectivity index (χ3v) is 23.5. The number of Topliss-reactive ketones (excluding diaryl/α,β-unsaturated/α-hetero) is 1. The van der Waals surface area contributed by atoms with Crippen LogP contribution in [0.2, 0.25) is 0 Å². The first-order chi connectivity index (χ1) is 48.5. The number of aliphatic carboxylic acids is 2. The molecule has 0 aliphatic carbocycles. The third-order valence-electron chi connectivity index (χ3n) is 15.3. The number of halogens is 1. The number of ether oxygens (including phenoxy) is 3. The number of nitrogens with two attached hydrogens (primary N) is 2. The Morgan fingerprint density at radius 1 is 0.648 bits per heavy atom. The van der Waals surface area contributed by atoms with Gasteiger partial charge in [-0.25, -0.2) is 44.9 Å². The van der Waals surface area contributed by atoms with E-state index in [2.05, 4.69) is 71.3 Å². The van der Waals surface area contributed by atoms with Crippen molar-refractivity contribution in [2.45, 2.75) is 84.5 Å². The fourth-order valence-electron chi connectivity index (χ4n) is 11.1. The molecule has 15 N–H and O–H groups in total. The summed E-state index contributed by atoms with van der Waals surface area (Å²) < 4.78 is 123. The number of nitrogen functional groups attached to an aromatic ring is 1. The van der Waals surface area contributed by atoms with Gasteiger partial charge in [0.15, 0.2) is 51.5 Å². The summed E-state index contributed by atoms with van der Waals surface area (Å²) in [6, 6.07) is -3.00. The average Bonchev–Trinajstić information content (AvgIpc) is 1.67. The number of amides is 5. The Balaban J connectivity index is 0.000000201. The van der Waals surface area contributed by atoms with Crippen molar-refractivity contribution < 1.29 is 172 Å². The van der Waals surface area contributed by atoms with Crippen molar-refractivity contribution in [2.75, 3.05) is 40.8 Å². The fraction of sp³-hybridized carbons (Fsp3) is 0.489. The number of quaternary nitrogens is 1. The van der Waals surface area contributed by atoms with E-state index >= 15 is 0 Å². The van der Waals surface area contributed by atoms with Crippen molar-refractivity contribution in [1.82, 2.24) is 40.3 Å². The Kier molecular flexibility index (Phi) is 26.5. The predicted molar refractivity (Wildman–Crippen MR) is 346 cm³/mol. The van der Waals surface area contributed by atoms with Crippen LogP contribution >= 0.6 is 57.5 Å². The van der Waals surface area contributed by atoms with Gasteiger partial charge in [-0.2, -0.15) is 29.8 Å². The second kappa shape index (κ2) is 33.0. The van der Waals surface area contributed by atoms with Gasteiger partial charge in [0.25, 0.3) is 68.0 Å². The van der Waals surface area contributed by atoms with Crippen LogP contribution in [-0.2, 0) is 137 Å². The van der Waals surface area contributed by atoms with E-state index in [1.165, 1.54) is 67.2 Å². The van der Waals surface area contributed by atoms with Crippen LogP contribution in [0.1, 0.15) is 51.2 Å². The molecule has 9 aliphatic heterocycles. The molecule has 9 fully saturated rings. The topological polar surface area (TPSA) is 696 Å². The van der Waals surface area contributed by atoms with E-state index in [4.69, 9.17) is 54.8 Å². The number of fused-ring (bicyclic) bond motifs is 9. The molecular formula is C47H51B2ClN13O33S9+. The molecule has 0 saturated carbocycles. The number of oxime groups is 2. The number of aryl methyl sites for hydroxylation is 2. The minimum absolute atomic E-state index is 0. The number of thiazole rings is 3. The number of carbonyl (C=O) groups is 13. The van der Waals surface area contributed by atoms with Gasteiger partial charge < -0.3 is 77.9 Å². The summed E-state index contributed by atoms with van der Waals surface area (Å²) in [6.07, 6.45) is -0.321. The maximum atomic E-state index is 13.0. The van der Waals surface area contributed by atoms with Gasteiger partial charge in [-0.3, -0.25) is 71.4 Å². The molecule has 0 aromatic carbocycles. The van der Waals surface area contributed by atoms with E-state index in [0.29, 0.717) is 15.8 Å². The number of carbonyl (C=O) groups excluding carboxylic acids is 11. The van der Waals surface area contributed by atoms with Crippen molar-refractivity contribution in [3.05, 3.63) is 43.2 Å². The van der Waals surface area contributed by atoms with E-state index in [1.807, 2.05) is 0 Å². The number of carboxylic acids is 2. The molecule has 5 amide bonds. The van der Waals surface area contributed by atoms with Gasteiger partial charge in [-0.1, -0.05) is 10.3 Å². The van der Waals surface area contributed by atoms with Crippen molar-refractivity contribution in [1.29, 1.82) is 0 Å². The number of anilines is 1. The number of hydrogen-bond donors (Lipinski definition) is 11. The molecule has 0 bridgehead atoms. The zero-order valence-electron chi connectivity index (χ0n) is 52.6. The van der Waals surface area contributed by atoms with E-state index in [0.717, 1.165) is 21.1 Å². The summed E-state index contributed by atoms with van der Waals surface area (Å²) in [5.74, 6) is -12.6. The predicted octanol–water partition coefficient (Wildman–Crippen LogP) is -10.5. The molecule has 46 nitrogen and oxygen atoms in total. The molecule has 58 heteroatoms. The number of nitrogens with zero attached hydrogens (tertiary/aromatic N) is 8. The van der Waals surface area contributed by atoms with Gasteiger partial charge >= 0.3 is 78.1 Å². The normalized spacial score (nSPS) is 28.0. The van der Waals surface area contributed by atoms with Crippen LogP contribution in [0.5, 0.6) is 0 Å². The fourth-order valence-corrected chi connectivity index (χ4v) is 18.4. The lowest BCUT2D eigenvalue weighted by atomic mass is 9.89. The second-order valence-electron chi connectivity index (χ2n) is 22.0. The molecule has 9 saturated heterocycles. The molecule has 9 aliphatic rings. The summed E-state index contributed by atoms with van der Waals surface area (Å²) in [5.41, 5.74) is 2.16. The van der Waals surface area contributed by atoms with Gasteiger partial charge in [-0.15, -0.1) is 57.5 Å².